The van der Waals surface area contributed by atoms with Crippen LogP contribution in [-0.2, 0) is 28.6 Å². The first-order chi connectivity index (χ1) is 16.1. The number of fused-ring (bicyclic) bond motifs is 4. The minimum absolute atomic E-state index is 0.328. The number of nitrogens with zero attached hydrogens (tertiary/aromatic N) is 1. The van der Waals surface area contributed by atoms with Crippen LogP contribution < -0.4 is 4.74 Å². The highest BCUT2D eigenvalue weighted by Crippen LogP contribution is 2.53. The van der Waals surface area contributed by atoms with Crippen molar-refractivity contribution in [2.75, 3.05) is 14.1 Å². The number of benzene rings is 1. The molecular weight excluding hydrogens is 442 g/mol. The highest BCUT2D eigenvalue weighted by atomic mass is 16.6. The molecule has 9 nitrogen and oxygen atoms in total. The van der Waals surface area contributed by atoms with Gasteiger partial charge in [-0.3, -0.25) is 4.79 Å². The third kappa shape index (κ3) is 3.67. The van der Waals surface area contributed by atoms with Gasteiger partial charge in [-0.15, -0.1) is 0 Å². The molecule has 0 amide bonds. The van der Waals surface area contributed by atoms with Crippen LogP contribution in [0.2, 0.25) is 0 Å². The molecule has 9 unspecified atom stereocenters. The van der Waals surface area contributed by atoms with E-state index < -0.39 is 59.8 Å². The first-order valence-corrected chi connectivity index (χ1v) is 11.5. The molecule has 1 N–H and O–H groups in total. The van der Waals surface area contributed by atoms with Crippen molar-refractivity contribution in [1.29, 1.82) is 0 Å². The summed E-state index contributed by atoms with van der Waals surface area (Å²) in [5, 5.41) is 10.2. The maximum Gasteiger partial charge on any atom is 0.345 e. The topological polar surface area (TPSA) is 115 Å². The van der Waals surface area contributed by atoms with E-state index in [0.717, 1.165) is 0 Å². The average molecular weight is 472 g/mol. The summed E-state index contributed by atoms with van der Waals surface area (Å²) in [6, 6.07) is 8.09. The van der Waals surface area contributed by atoms with E-state index in [1.165, 1.54) is 0 Å². The molecule has 2 bridgehead atoms. The van der Waals surface area contributed by atoms with Gasteiger partial charge >= 0.3 is 17.9 Å². The van der Waals surface area contributed by atoms with Crippen molar-refractivity contribution in [2.45, 2.75) is 56.3 Å². The number of carbonyl (C=O) groups excluding carboxylic acids is 2. The summed E-state index contributed by atoms with van der Waals surface area (Å²) >= 11 is 0. The van der Waals surface area contributed by atoms with Crippen LogP contribution >= 0.6 is 0 Å². The largest absolute Gasteiger partial charge is 0.478 e. The summed E-state index contributed by atoms with van der Waals surface area (Å²) in [5.41, 5.74) is -0.381. The van der Waals surface area contributed by atoms with Crippen molar-refractivity contribution in [2.24, 2.45) is 17.8 Å². The number of aliphatic carboxylic acids is 1. The minimum atomic E-state index is -1.30. The highest BCUT2D eigenvalue weighted by molar-refractivity contribution is 5.93. The zero-order valence-electron chi connectivity index (χ0n) is 19.5. The van der Waals surface area contributed by atoms with Crippen LogP contribution in [0.4, 0.5) is 0 Å². The molecule has 34 heavy (non-hydrogen) atoms. The Morgan fingerprint density at radius 1 is 1.21 bits per heavy atom. The standard InChI is InChI=1S/C25H29NO8/c1-12-17-15-10-14(24(30)32-15)19(26(3)4)18(20(22(27)28)31-13-8-6-5-7-9-13)21-25(2,34-21)11-16(17)33-23(12)29/h5-10,12,15-21H,11H2,1-4H3,(H,27,28). The lowest BCUT2D eigenvalue weighted by molar-refractivity contribution is -0.150. The molecule has 1 aromatic carbocycles. The molecule has 2 saturated heterocycles. The number of hydrogen-bond donors (Lipinski definition) is 1. The Bertz CT molecular complexity index is 1040. The molecule has 0 aromatic heterocycles. The number of para-hydroxylation sites is 1. The van der Waals surface area contributed by atoms with Crippen LogP contribution in [0.1, 0.15) is 20.3 Å². The fourth-order valence-corrected chi connectivity index (χ4v) is 5.93. The van der Waals surface area contributed by atoms with E-state index in [2.05, 4.69) is 0 Å². The van der Waals surface area contributed by atoms with Gasteiger partial charge in [0.2, 0.25) is 6.10 Å². The van der Waals surface area contributed by atoms with Gasteiger partial charge in [-0.05, 0) is 39.2 Å². The predicted molar refractivity (Wildman–Crippen MR) is 118 cm³/mol. The number of hydrogen-bond acceptors (Lipinski definition) is 8. The molecule has 9 atom stereocenters. The van der Waals surface area contributed by atoms with Gasteiger partial charge in [0, 0.05) is 12.3 Å². The lowest BCUT2D eigenvalue weighted by Gasteiger charge is -2.35. The molecule has 1 aromatic rings. The van der Waals surface area contributed by atoms with Gasteiger partial charge in [-0.25, -0.2) is 9.59 Å². The van der Waals surface area contributed by atoms with Crippen LogP contribution in [-0.4, -0.2) is 78.1 Å². The number of rotatable bonds is 5. The number of carboxylic acids is 1. The van der Waals surface area contributed by atoms with Crippen molar-refractivity contribution >= 4 is 17.9 Å². The Morgan fingerprint density at radius 2 is 1.91 bits per heavy atom. The molecule has 182 valence electrons. The van der Waals surface area contributed by atoms with Crippen LogP contribution in [0.3, 0.4) is 0 Å². The first kappa shape index (κ1) is 22.9. The van der Waals surface area contributed by atoms with Crippen molar-refractivity contribution in [3.63, 3.8) is 0 Å². The van der Waals surface area contributed by atoms with E-state index in [1.54, 1.807) is 51.4 Å². The number of likely N-dealkylation sites (N-methyl/N-ethyl adjacent to an activating group) is 1. The molecule has 2 fully saturated rings. The normalized spacial score (nSPS) is 39.3. The Balaban J connectivity index is 1.61. The van der Waals surface area contributed by atoms with Gasteiger partial charge in [0.1, 0.15) is 18.0 Å². The Kier molecular flexibility index (Phi) is 5.44. The zero-order valence-corrected chi connectivity index (χ0v) is 19.5. The summed E-state index contributed by atoms with van der Waals surface area (Å²) in [4.78, 5) is 39.9. The molecule has 0 spiro atoms. The fraction of sp³-hybridized carbons (Fsp3) is 0.560. The number of ether oxygens (including phenoxy) is 4. The van der Waals surface area contributed by atoms with Crippen molar-refractivity contribution in [1.82, 2.24) is 4.90 Å². The van der Waals surface area contributed by atoms with Gasteiger partial charge in [0.25, 0.3) is 0 Å². The molecular formula is C25H29NO8. The maximum atomic E-state index is 13.1. The Hall–Kier alpha value is -2.91. The number of carboxylic acid groups (broad SMARTS) is 1. The molecule has 0 radical (unpaired) electrons. The van der Waals surface area contributed by atoms with Crippen LogP contribution in [0.15, 0.2) is 42.0 Å². The van der Waals surface area contributed by atoms with Crippen LogP contribution in [0.5, 0.6) is 5.75 Å². The van der Waals surface area contributed by atoms with E-state index in [0.29, 0.717) is 17.7 Å². The molecule has 1 aliphatic carbocycles. The fourth-order valence-electron chi connectivity index (χ4n) is 5.93. The minimum Gasteiger partial charge on any atom is -0.478 e. The Morgan fingerprint density at radius 3 is 2.56 bits per heavy atom. The van der Waals surface area contributed by atoms with Gasteiger partial charge in [0.05, 0.1) is 35.2 Å². The van der Waals surface area contributed by atoms with Crippen molar-refractivity contribution in [3.8, 4) is 5.75 Å². The van der Waals surface area contributed by atoms with Gasteiger partial charge < -0.3 is 29.0 Å². The van der Waals surface area contributed by atoms with Crippen LogP contribution in [0.25, 0.3) is 0 Å². The second-order valence-corrected chi connectivity index (χ2v) is 10.1. The monoisotopic (exact) mass is 471 g/mol. The summed E-state index contributed by atoms with van der Waals surface area (Å²) in [7, 11) is 3.58. The van der Waals surface area contributed by atoms with Gasteiger partial charge in [-0.2, -0.15) is 0 Å². The Labute approximate surface area is 197 Å². The lowest BCUT2D eigenvalue weighted by atomic mass is 9.75. The highest BCUT2D eigenvalue weighted by Gasteiger charge is 2.66. The van der Waals surface area contributed by atoms with Crippen molar-refractivity contribution < 1.29 is 38.4 Å². The van der Waals surface area contributed by atoms with E-state index >= 15 is 0 Å². The molecule has 3 aliphatic heterocycles. The summed E-state index contributed by atoms with van der Waals surface area (Å²) in [6.07, 6.45) is -0.845. The third-order valence-electron chi connectivity index (χ3n) is 7.58. The van der Waals surface area contributed by atoms with E-state index in [4.69, 9.17) is 18.9 Å². The number of carbonyl (C=O) groups is 3. The number of epoxide rings is 1. The second-order valence-electron chi connectivity index (χ2n) is 10.1. The molecule has 5 rings (SSSR count). The quantitative estimate of drug-likeness (QED) is 0.506. The van der Waals surface area contributed by atoms with Crippen LogP contribution in [0, 0.1) is 17.8 Å². The maximum absolute atomic E-state index is 13.1. The van der Waals surface area contributed by atoms with E-state index in [1.807, 2.05) is 17.9 Å². The SMILES string of the molecule is CC1C(=O)OC2CC3(C)OC3C(C(Oc3ccccc3)C(=O)O)C(N(C)C)C3=CC(OC3=O)C21. The van der Waals surface area contributed by atoms with E-state index in [9.17, 15) is 19.5 Å². The molecule has 4 aliphatic rings. The van der Waals surface area contributed by atoms with Gasteiger partial charge in [0.15, 0.2) is 0 Å². The first-order valence-electron chi connectivity index (χ1n) is 11.5. The predicted octanol–water partition coefficient (Wildman–Crippen LogP) is 1.66. The summed E-state index contributed by atoms with van der Waals surface area (Å²) in [6.45, 7) is 3.68. The molecule has 3 heterocycles. The molecule has 9 heteroatoms. The number of esters is 2. The smallest absolute Gasteiger partial charge is 0.345 e. The molecule has 0 saturated carbocycles. The average Bonchev–Trinajstić information content (AvgIpc) is 3.15. The zero-order chi connectivity index (χ0) is 24.4. The summed E-state index contributed by atoms with van der Waals surface area (Å²) in [5.74, 6) is -3.09. The summed E-state index contributed by atoms with van der Waals surface area (Å²) < 4.78 is 23.6. The third-order valence-corrected chi connectivity index (χ3v) is 7.58. The van der Waals surface area contributed by atoms with Crippen molar-refractivity contribution in [3.05, 3.63) is 42.0 Å². The van der Waals surface area contributed by atoms with Gasteiger partial charge in [-0.1, -0.05) is 25.1 Å². The lowest BCUT2D eigenvalue weighted by Crippen LogP contribution is -2.52. The van der Waals surface area contributed by atoms with E-state index in [-0.39, 0.29) is 11.9 Å². The second kappa shape index (κ2) is 8.09.